The smallest absolute Gasteiger partial charge is 0.227 e. The number of carbonyl (C=O) groups is 1. The summed E-state index contributed by atoms with van der Waals surface area (Å²) in [6.07, 6.45) is 3.77. The van der Waals surface area contributed by atoms with E-state index < -0.39 is 0 Å². The Hall–Kier alpha value is -2.96. The van der Waals surface area contributed by atoms with Crippen LogP contribution in [0.15, 0.2) is 48.8 Å². The molecule has 0 N–H and O–H groups in total. The number of fused-ring (bicyclic) bond motifs is 1. The zero-order chi connectivity index (χ0) is 17.2. The SMILES string of the molecule is O=C(Cc1cccc(F)c1)N1CCN(c2ccc3nccn3n2)CC1. The number of carbonyl (C=O) groups excluding carboxylic acids is 1. The molecule has 0 saturated carbocycles. The molecule has 1 amide bonds. The highest BCUT2D eigenvalue weighted by atomic mass is 19.1. The van der Waals surface area contributed by atoms with E-state index >= 15 is 0 Å². The van der Waals surface area contributed by atoms with E-state index in [2.05, 4.69) is 15.0 Å². The van der Waals surface area contributed by atoms with Gasteiger partial charge in [-0.25, -0.2) is 13.9 Å². The van der Waals surface area contributed by atoms with E-state index in [0.29, 0.717) is 18.7 Å². The first-order valence-corrected chi connectivity index (χ1v) is 8.26. The third-order valence-corrected chi connectivity index (χ3v) is 4.44. The van der Waals surface area contributed by atoms with Crippen molar-refractivity contribution in [1.82, 2.24) is 19.5 Å². The van der Waals surface area contributed by atoms with Crippen molar-refractivity contribution in [2.45, 2.75) is 6.42 Å². The molecule has 128 valence electrons. The second kappa shape index (κ2) is 6.51. The van der Waals surface area contributed by atoms with Gasteiger partial charge in [0.2, 0.25) is 5.91 Å². The monoisotopic (exact) mass is 339 g/mol. The lowest BCUT2D eigenvalue weighted by Gasteiger charge is -2.35. The van der Waals surface area contributed by atoms with Crippen molar-refractivity contribution >= 4 is 17.4 Å². The van der Waals surface area contributed by atoms with Gasteiger partial charge in [0.05, 0.1) is 6.42 Å². The molecule has 0 atom stereocenters. The molecule has 1 saturated heterocycles. The molecule has 3 aromatic rings. The van der Waals surface area contributed by atoms with E-state index in [4.69, 9.17) is 0 Å². The first kappa shape index (κ1) is 15.6. The van der Waals surface area contributed by atoms with Crippen LogP contribution in [0.5, 0.6) is 0 Å². The van der Waals surface area contributed by atoms with Gasteiger partial charge in [-0.05, 0) is 29.8 Å². The van der Waals surface area contributed by atoms with E-state index in [-0.39, 0.29) is 18.1 Å². The average Bonchev–Trinajstić information content (AvgIpc) is 3.09. The second-order valence-corrected chi connectivity index (χ2v) is 6.10. The summed E-state index contributed by atoms with van der Waals surface area (Å²) in [6, 6.07) is 10.1. The van der Waals surface area contributed by atoms with E-state index in [1.165, 1.54) is 12.1 Å². The highest BCUT2D eigenvalue weighted by molar-refractivity contribution is 5.79. The van der Waals surface area contributed by atoms with Gasteiger partial charge in [0, 0.05) is 38.6 Å². The van der Waals surface area contributed by atoms with E-state index in [9.17, 15) is 9.18 Å². The molecule has 1 fully saturated rings. The van der Waals surface area contributed by atoms with Gasteiger partial charge < -0.3 is 9.80 Å². The summed E-state index contributed by atoms with van der Waals surface area (Å²) in [7, 11) is 0. The van der Waals surface area contributed by atoms with Crippen molar-refractivity contribution in [2.24, 2.45) is 0 Å². The molecule has 0 unspecified atom stereocenters. The van der Waals surface area contributed by atoms with Crippen LogP contribution in [0.1, 0.15) is 5.56 Å². The summed E-state index contributed by atoms with van der Waals surface area (Å²) in [6.45, 7) is 2.72. The Labute approximate surface area is 144 Å². The van der Waals surface area contributed by atoms with Gasteiger partial charge in [-0.2, -0.15) is 0 Å². The lowest BCUT2D eigenvalue weighted by molar-refractivity contribution is -0.130. The molecule has 1 aromatic carbocycles. The first-order chi connectivity index (χ1) is 12.2. The molecule has 6 nitrogen and oxygen atoms in total. The van der Waals surface area contributed by atoms with Crippen LogP contribution >= 0.6 is 0 Å². The van der Waals surface area contributed by atoms with E-state index in [1.807, 2.05) is 23.2 Å². The van der Waals surface area contributed by atoms with Crippen molar-refractivity contribution in [2.75, 3.05) is 31.1 Å². The summed E-state index contributed by atoms with van der Waals surface area (Å²) in [4.78, 5) is 20.6. The fourth-order valence-electron chi connectivity index (χ4n) is 3.09. The maximum atomic E-state index is 13.2. The topological polar surface area (TPSA) is 53.7 Å². The average molecular weight is 339 g/mol. The van der Waals surface area contributed by atoms with Crippen LogP contribution in [-0.2, 0) is 11.2 Å². The van der Waals surface area contributed by atoms with Crippen molar-refractivity contribution in [3.8, 4) is 0 Å². The van der Waals surface area contributed by atoms with Gasteiger partial charge in [-0.15, -0.1) is 5.10 Å². The van der Waals surface area contributed by atoms with Crippen molar-refractivity contribution in [1.29, 1.82) is 0 Å². The summed E-state index contributed by atoms with van der Waals surface area (Å²) in [5, 5.41) is 4.54. The minimum atomic E-state index is -0.309. The number of nitrogens with zero attached hydrogens (tertiary/aromatic N) is 5. The molecule has 1 aliphatic rings. The molecule has 7 heteroatoms. The predicted molar refractivity (Wildman–Crippen MR) is 91.9 cm³/mol. The molecule has 25 heavy (non-hydrogen) atoms. The Balaban J connectivity index is 1.38. The maximum Gasteiger partial charge on any atom is 0.227 e. The Morgan fingerprint density at radius 1 is 1.12 bits per heavy atom. The summed E-state index contributed by atoms with van der Waals surface area (Å²) in [5.41, 5.74) is 1.52. The van der Waals surface area contributed by atoms with Gasteiger partial charge in [-0.3, -0.25) is 4.79 Å². The Kier molecular flexibility index (Phi) is 4.05. The number of halogens is 1. The van der Waals surface area contributed by atoms with Crippen molar-refractivity contribution in [3.63, 3.8) is 0 Å². The number of benzene rings is 1. The van der Waals surface area contributed by atoms with Crippen LogP contribution in [0, 0.1) is 5.82 Å². The lowest BCUT2D eigenvalue weighted by Crippen LogP contribution is -2.49. The number of amides is 1. The van der Waals surface area contributed by atoms with Crippen molar-refractivity contribution < 1.29 is 9.18 Å². The van der Waals surface area contributed by atoms with Crippen LogP contribution in [0.4, 0.5) is 10.2 Å². The highest BCUT2D eigenvalue weighted by Gasteiger charge is 2.22. The zero-order valence-corrected chi connectivity index (χ0v) is 13.7. The number of hydrogen-bond donors (Lipinski definition) is 0. The number of rotatable bonds is 3. The highest BCUT2D eigenvalue weighted by Crippen LogP contribution is 2.15. The van der Waals surface area contributed by atoms with Gasteiger partial charge in [0.15, 0.2) is 5.65 Å². The third kappa shape index (κ3) is 3.31. The molecule has 0 aliphatic carbocycles. The Morgan fingerprint density at radius 3 is 2.76 bits per heavy atom. The first-order valence-electron chi connectivity index (χ1n) is 8.26. The molecular weight excluding hydrogens is 321 g/mol. The second-order valence-electron chi connectivity index (χ2n) is 6.10. The molecule has 3 heterocycles. The van der Waals surface area contributed by atoms with Crippen LogP contribution < -0.4 is 4.90 Å². The maximum absolute atomic E-state index is 13.2. The van der Waals surface area contributed by atoms with Crippen LogP contribution in [0.3, 0.4) is 0 Å². The molecule has 2 aromatic heterocycles. The third-order valence-electron chi connectivity index (χ3n) is 4.44. The summed E-state index contributed by atoms with van der Waals surface area (Å²) in [5.74, 6) is 0.599. The lowest BCUT2D eigenvalue weighted by atomic mass is 10.1. The summed E-state index contributed by atoms with van der Waals surface area (Å²) < 4.78 is 15.0. The number of aromatic nitrogens is 3. The molecule has 0 spiro atoms. The van der Waals surface area contributed by atoms with Gasteiger partial charge in [0.1, 0.15) is 11.6 Å². The minimum Gasteiger partial charge on any atom is -0.352 e. The van der Waals surface area contributed by atoms with Crippen molar-refractivity contribution in [3.05, 3.63) is 60.2 Å². The zero-order valence-electron chi connectivity index (χ0n) is 13.7. The molecule has 1 aliphatic heterocycles. The predicted octanol–water partition coefficient (Wildman–Crippen LogP) is 1.76. The van der Waals surface area contributed by atoms with Gasteiger partial charge >= 0.3 is 0 Å². The van der Waals surface area contributed by atoms with Gasteiger partial charge in [0.25, 0.3) is 0 Å². The normalized spacial score (nSPS) is 14.9. The molecule has 4 rings (SSSR count). The Bertz CT molecular complexity index is 901. The standard InChI is InChI=1S/C18H18FN5O/c19-15-3-1-2-14(12-15)13-18(25)23-10-8-22(9-11-23)17-5-4-16-20-6-7-24(16)21-17/h1-7,12H,8-11,13H2. The summed E-state index contributed by atoms with van der Waals surface area (Å²) >= 11 is 0. The van der Waals surface area contributed by atoms with Crippen LogP contribution in [0.25, 0.3) is 5.65 Å². The molecule has 0 radical (unpaired) electrons. The fourth-order valence-corrected chi connectivity index (χ4v) is 3.09. The van der Waals surface area contributed by atoms with Crippen LogP contribution in [-0.4, -0.2) is 51.6 Å². The number of piperazine rings is 1. The minimum absolute atomic E-state index is 0.0308. The quantitative estimate of drug-likeness (QED) is 0.730. The van der Waals surface area contributed by atoms with Crippen LogP contribution in [0.2, 0.25) is 0 Å². The fraction of sp³-hybridized carbons (Fsp3) is 0.278. The molecule has 0 bridgehead atoms. The number of imidazole rings is 1. The number of anilines is 1. The van der Waals surface area contributed by atoms with E-state index in [1.54, 1.807) is 22.8 Å². The van der Waals surface area contributed by atoms with Gasteiger partial charge in [-0.1, -0.05) is 12.1 Å². The van der Waals surface area contributed by atoms with E-state index in [0.717, 1.165) is 24.6 Å². The Morgan fingerprint density at radius 2 is 1.96 bits per heavy atom. The molecular formula is C18H18FN5O. The largest absolute Gasteiger partial charge is 0.352 e. The number of hydrogen-bond acceptors (Lipinski definition) is 4.